The first-order chi connectivity index (χ1) is 18.5. The van der Waals surface area contributed by atoms with Crippen molar-refractivity contribution >= 4 is 53.0 Å². The third kappa shape index (κ3) is 5.26. The number of nitrogens with one attached hydrogen (secondary N) is 1. The molecular formula is C27H28ClFN3O6P. The van der Waals surface area contributed by atoms with Crippen LogP contribution >= 0.6 is 19.2 Å². The molecule has 1 saturated carbocycles. The van der Waals surface area contributed by atoms with Crippen LogP contribution in [-0.4, -0.2) is 48.9 Å². The Morgan fingerprint density at radius 2 is 1.95 bits per heavy atom. The third-order valence-corrected chi connectivity index (χ3v) is 9.04. The average Bonchev–Trinajstić information content (AvgIpc) is 3.57. The number of aromatic nitrogens is 1. The van der Waals surface area contributed by atoms with E-state index in [4.69, 9.17) is 11.6 Å². The smallest absolute Gasteiger partial charge is 0.350 e. The van der Waals surface area contributed by atoms with Gasteiger partial charge in [0.05, 0.1) is 15.8 Å². The summed E-state index contributed by atoms with van der Waals surface area (Å²) in [6.45, 7) is 1.09. The second-order valence-corrected chi connectivity index (χ2v) is 12.2. The van der Waals surface area contributed by atoms with Gasteiger partial charge >= 0.3 is 7.60 Å². The van der Waals surface area contributed by atoms with Crippen LogP contribution in [0.25, 0.3) is 10.9 Å². The van der Waals surface area contributed by atoms with Crippen LogP contribution in [0.4, 0.5) is 4.39 Å². The van der Waals surface area contributed by atoms with Gasteiger partial charge in [-0.05, 0) is 50.3 Å². The standard InChI is InChI=1S/C27H28ClFN3O6P/c1-15(33)20-13-31(23-11-18(39(36,37)38)8-9-19(20)23)14-25(34)32-22-7-3-4-16(22)10-24(32)27(35)30-12-17-5-2-6-21(28)26(17)29/h2,5-6,8-9,11,13,16,22,24H,3-4,7,10,12,14H2,1H3,(H,30,35)(H2,36,37,38)/t16-,22?,24+/m1/s1. The molecular weight excluding hydrogens is 548 g/mol. The number of carbonyl (C=O) groups is 3. The second-order valence-electron chi connectivity index (χ2n) is 10.2. The Morgan fingerprint density at radius 3 is 2.67 bits per heavy atom. The summed E-state index contributed by atoms with van der Waals surface area (Å²) < 4.78 is 27.7. The van der Waals surface area contributed by atoms with Crippen molar-refractivity contribution in [2.24, 2.45) is 5.92 Å². The Bertz CT molecular complexity index is 1540. The molecule has 206 valence electrons. The van der Waals surface area contributed by atoms with Crippen molar-refractivity contribution in [1.29, 1.82) is 0 Å². The Labute approximate surface area is 229 Å². The van der Waals surface area contributed by atoms with E-state index in [1.54, 1.807) is 11.0 Å². The second kappa shape index (κ2) is 10.5. The van der Waals surface area contributed by atoms with Crippen LogP contribution in [0.1, 0.15) is 48.5 Å². The molecule has 2 aliphatic rings. The maximum Gasteiger partial charge on any atom is 0.356 e. The Balaban J connectivity index is 1.42. The van der Waals surface area contributed by atoms with Gasteiger partial charge in [-0.2, -0.15) is 0 Å². The van der Waals surface area contributed by atoms with Crippen molar-refractivity contribution < 1.29 is 33.1 Å². The quantitative estimate of drug-likeness (QED) is 0.292. The molecule has 3 N–H and O–H groups in total. The first-order valence-corrected chi connectivity index (χ1v) is 14.7. The van der Waals surface area contributed by atoms with Crippen molar-refractivity contribution in [2.45, 2.75) is 57.8 Å². The lowest BCUT2D eigenvalue weighted by Crippen LogP contribution is -2.49. The van der Waals surface area contributed by atoms with Crippen molar-refractivity contribution in [2.75, 3.05) is 0 Å². The number of likely N-dealkylation sites (tertiary alicyclic amines) is 1. The molecule has 1 aliphatic heterocycles. The molecule has 9 nitrogen and oxygen atoms in total. The minimum atomic E-state index is -4.57. The van der Waals surface area contributed by atoms with Gasteiger partial charge in [-0.15, -0.1) is 0 Å². The van der Waals surface area contributed by atoms with Gasteiger partial charge in [-0.25, -0.2) is 4.39 Å². The van der Waals surface area contributed by atoms with Crippen molar-refractivity contribution in [3.05, 3.63) is 64.6 Å². The first-order valence-electron chi connectivity index (χ1n) is 12.7. The van der Waals surface area contributed by atoms with E-state index in [0.29, 0.717) is 22.9 Å². The Kier molecular flexibility index (Phi) is 7.41. The number of fused-ring (bicyclic) bond motifs is 2. The molecule has 1 aromatic heterocycles. The lowest BCUT2D eigenvalue weighted by molar-refractivity contribution is -0.141. The van der Waals surface area contributed by atoms with Crippen molar-refractivity contribution in [3.8, 4) is 0 Å². The number of hydrogen-bond donors (Lipinski definition) is 3. The van der Waals surface area contributed by atoms with Crippen LogP contribution in [0.3, 0.4) is 0 Å². The zero-order valence-electron chi connectivity index (χ0n) is 21.1. The van der Waals surface area contributed by atoms with Crippen LogP contribution in [0.2, 0.25) is 5.02 Å². The molecule has 0 bridgehead atoms. The molecule has 2 fully saturated rings. The van der Waals surface area contributed by atoms with E-state index in [1.807, 2.05) is 0 Å². The zero-order valence-corrected chi connectivity index (χ0v) is 22.8. The lowest BCUT2D eigenvalue weighted by atomic mass is 10.0. The molecule has 39 heavy (non-hydrogen) atoms. The molecule has 1 saturated heterocycles. The summed E-state index contributed by atoms with van der Waals surface area (Å²) in [6, 6.07) is 7.73. The van der Waals surface area contributed by atoms with Gasteiger partial charge in [0.2, 0.25) is 11.8 Å². The highest BCUT2D eigenvalue weighted by Crippen LogP contribution is 2.42. The topological polar surface area (TPSA) is 129 Å². The number of hydrogen-bond acceptors (Lipinski definition) is 4. The minimum Gasteiger partial charge on any atom is -0.350 e. The predicted molar refractivity (Wildman–Crippen MR) is 143 cm³/mol. The van der Waals surface area contributed by atoms with E-state index in [1.165, 1.54) is 48.0 Å². The van der Waals surface area contributed by atoms with Crippen LogP contribution < -0.4 is 10.6 Å². The molecule has 0 radical (unpaired) electrons. The lowest BCUT2D eigenvalue weighted by Gasteiger charge is -2.29. The summed E-state index contributed by atoms with van der Waals surface area (Å²) in [6.07, 6.45) is 4.60. The number of Topliss-reactive ketones (excluding diaryl/α,β-unsaturated/α-hetero) is 1. The van der Waals surface area contributed by atoms with Crippen LogP contribution in [0.5, 0.6) is 0 Å². The monoisotopic (exact) mass is 575 g/mol. The van der Waals surface area contributed by atoms with Gasteiger partial charge < -0.3 is 24.6 Å². The van der Waals surface area contributed by atoms with Gasteiger partial charge in [0.25, 0.3) is 0 Å². The zero-order chi connectivity index (χ0) is 28.1. The van der Waals surface area contributed by atoms with Gasteiger partial charge in [0.15, 0.2) is 5.78 Å². The maximum absolute atomic E-state index is 14.3. The number of carbonyl (C=O) groups excluding carboxylic acids is 3. The average molecular weight is 576 g/mol. The number of rotatable bonds is 7. The molecule has 3 aromatic rings. The maximum atomic E-state index is 14.3. The molecule has 5 rings (SSSR count). The Morgan fingerprint density at radius 1 is 1.18 bits per heavy atom. The molecule has 2 amide bonds. The van der Waals surface area contributed by atoms with Gasteiger partial charge in [0, 0.05) is 35.3 Å². The van der Waals surface area contributed by atoms with Gasteiger partial charge in [-0.1, -0.05) is 36.2 Å². The van der Waals surface area contributed by atoms with E-state index in [2.05, 4.69) is 5.32 Å². The number of ketones is 1. The van der Waals surface area contributed by atoms with E-state index >= 15 is 0 Å². The summed E-state index contributed by atoms with van der Waals surface area (Å²) in [7, 11) is -4.57. The third-order valence-electron chi connectivity index (χ3n) is 7.80. The summed E-state index contributed by atoms with van der Waals surface area (Å²) >= 11 is 5.85. The van der Waals surface area contributed by atoms with Crippen LogP contribution in [0.15, 0.2) is 42.6 Å². The summed E-state index contributed by atoms with van der Waals surface area (Å²) in [5.74, 6) is -1.42. The molecule has 1 unspecified atom stereocenters. The highest BCUT2D eigenvalue weighted by molar-refractivity contribution is 7.60. The SMILES string of the molecule is CC(=O)c1cn(CC(=O)N2C3CCC[C@@H]3C[C@H]2C(=O)NCc2cccc(Cl)c2F)c2cc(P(=O)(O)O)ccc12. The normalized spacial score (nSPS) is 20.8. The highest BCUT2D eigenvalue weighted by Gasteiger charge is 2.48. The van der Waals surface area contributed by atoms with Gasteiger partial charge in [0.1, 0.15) is 18.4 Å². The fourth-order valence-electron chi connectivity index (χ4n) is 5.97. The van der Waals surface area contributed by atoms with E-state index < -0.39 is 19.5 Å². The molecule has 12 heteroatoms. The number of amides is 2. The fraction of sp³-hybridized carbons (Fsp3) is 0.370. The highest BCUT2D eigenvalue weighted by atomic mass is 35.5. The largest absolute Gasteiger partial charge is 0.356 e. The van der Waals surface area contributed by atoms with E-state index in [-0.39, 0.29) is 58.5 Å². The number of nitrogens with zero attached hydrogens (tertiary/aromatic N) is 2. The summed E-state index contributed by atoms with van der Waals surface area (Å²) in [5.41, 5.74) is 0.908. The van der Waals surface area contributed by atoms with Crippen LogP contribution in [0, 0.1) is 11.7 Å². The molecule has 0 spiro atoms. The molecule has 1 aliphatic carbocycles. The molecule has 3 atom stereocenters. The molecule has 2 heterocycles. The summed E-state index contributed by atoms with van der Waals surface area (Å²) in [5, 5.41) is 2.96. The predicted octanol–water partition coefficient (Wildman–Crippen LogP) is 3.53. The number of halogens is 2. The fourth-order valence-corrected chi connectivity index (χ4v) is 6.72. The Hall–Kier alpha value is -3.04. The van der Waals surface area contributed by atoms with Crippen molar-refractivity contribution in [1.82, 2.24) is 14.8 Å². The van der Waals surface area contributed by atoms with Crippen LogP contribution in [-0.2, 0) is 27.2 Å². The number of benzene rings is 2. The van der Waals surface area contributed by atoms with E-state index in [0.717, 1.165) is 19.3 Å². The molecule has 2 aromatic carbocycles. The summed E-state index contributed by atoms with van der Waals surface area (Å²) in [4.78, 5) is 60.2. The van der Waals surface area contributed by atoms with Gasteiger partial charge in [-0.3, -0.25) is 18.9 Å². The first kappa shape index (κ1) is 27.5. The van der Waals surface area contributed by atoms with E-state index in [9.17, 15) is 33.1 Å². The minimum absolute atomic E-state index is 0.0419. The van der Waals surface area contributed by atoms with Crippen molar-refractivity contribution in [3.63, 3.8) is 0 Å².